The van der Waals surface area contributed by atoms with Crippen LogP contribution in [0.4, 0.5) is 0 Å². The van der Waals surface area contributed by atoms with Crippen molar-refractivity contribution >= 4 is 11.7 Å². The van der Waals surface area contributed by atoms with Crippen LogP contribution >= 0.6 is 0 Å². The van der Waals surface area contributed by atoms with Gasteiger partial charge in [-0.2, -0.15) is 0 Å². The smallest absolute Gasteiger partial charge is 0.251 e. The minimum atomic E-state index is -0.109. The number of rotatable bonds is 3. The van der Waals surface area contributed by atoms with Gasteiger partial charge in [0.05, 0.1) is 0 Å². The Hall–Kier alpha value is -1.84. The number of nitrogen functional groups attached to an aromatic ring is 1. The largest absolute Gasteiger partial charge is 0.384 e. The Labute approximate surface area is 82.6 Å². The molecule has 0 fully saturated rings. The summed E-state index contributed by atoms with van der Waals surface area (Å²) in [6.45, 7) is 2.47. The molecule has 0 heterocycles. The van der Waals surface area contributed by atoms with Crippen LogP contribution in [0.1, 0.15) is 22.8 Å². The van der Waals surface area contributed by atoms with E-state index in [1.165, 1.54) is 0 Å². The van der Waals surface area contributed by atoms with E-state index in [1.54, 1.807) is 24.3 Å². The first-order valence-corrected chi connectivity index (χ1v) is 4.37. The molecule has 1 aromatic rings. The highest BCUT2D eigenvalue weighted by molar-refractivity contribution is 5.98. The number of carbonyl (C=O) groups excluding carboxylic acids is 1. The highest BCUT2D eigenvalue weighted by Crippen LogP contribution is 2.03. The summed E-state index contributed by atoms with van der Waals surface area (Å²) in [7, 11) is 0. The van der Waals surface area contributed by atoms with Gasteiger partial charge in [0.2, 0.25) is 0 Å². The third-order valence-corrected chi connectivity index (χ3v) is 1.80. The van der Waals surface area contributed by atoms with E-state index in [2.05, 4.69) is 5.32 Å². The molecular formula is C10H13N3O. The molecular weight excluding hydrogens is 178 g/mol. The van der Waals surface area contributed by atoms with Crippen molar-refractivity contribution in [3.8, 4) is 0 Å². The average Bonchev–Trinajstić information content (AvgIpc) is 2.18. The van der Waals surface area contributed by atoms with Gasteiger partial charge in [0.15, 0.2) is 0 Å². The Morgan fingerprint density at radius 2 is 1.86 bits per heavy atom. The monoisotopic (exact) mass is 191 g/mol. The van der Waals surface area contributed by atoms with Crippen molar-refractivity contribution in [3.05, 3.63) is 35.4 Å². The fourth-order valence-electron chi connectivity index (χ4n) is 1.06. The van der Waals surface area contributed by atoms with Crippen LogP contribution in [0.25, 0.3) is 0 Å². The van der Waals surface area contributed by atoms with Crippen LogP contribution in [0.3, 0.4) is 0 Å². The molecule has 1 amide bonds. The molecule has 14 heavy (non-hydrogen) atoms. The summed E-state index contributed by atoms with van der Waals surface area (Å²) in [6.07, 6.45) is 0. The predicted octanol–water partition coefficient (Wildman–Crippen LogP) is 0.720. The topological polar surface area (TPSA) is 79.0 Å². The molecule has 0 bridgehead atoms. The van der Waals surface area contributed by atoms with Crippen LogP contribution in [0.15, 0.2) is 24.3 Å². The maximum absolute atomic E-state index is 11.3. The van der Waals surface area contributed by atoms with E-state index in [0.717, 1.165) is 0 Å². The molecule has 4 N–H and O–H groups in total. The molecule has 0 radical (unpaired) electrons. The van der Waals surface area contributed by atoms with Crippen LogP contribution in [-0.4, -0.2) is 18.3 Å². The van der Waals surface area contributed by atoms with Gasteiger partial charge in [-0.25, -0.2) is 0 Å². The molecule has 4 nitrogen and oxygen atoms in total. The molecule has 0 aliphatic carbocycles. The van der Waals surface area contributed by atoms with Crippen LogP contribution in [0, 0.1) is 5.41 Å². The molecule has 0 aromatic heterocycles. The molecule has 74 valence electrons. The lowest BCUT2D eigenvalue weighted by Gasteiger charge is -2.02. The minimum absolute atomic E-state index is 0.00690. The maximum atomic E-state index is 11.3. The summed E-state index contributed by atoms with van der Waals surface area (Å²) in [6, 6.07) is 6.63. The zero-order valence-corrected chi connectivity index (χ0v) is 8.00. The molecule has 1 aromatic carbocycles. The number of nitrogens with two attached hydrogens (primary N) is 1. The van der Waals surface area contributed by atoms with Crippen molar-refractivity contribution in [1.29, 1.82) is 5.41 Å². The molecule has 0 saturated heterocycles. The van der Waals surface area contributed by atoms with Crippen LogP contribution in [-0.2, 0) is 0 Å². The van der Waals surface area contributed by atoms with E-state index in [0.29, 0.717) is 17.7 Å². The van der Waals surface area contributed by atoms with E-state index in [9.17, 15) is 4.79 Å². The highest BCUT2D eigenvalue weighted by Gasteiger charge is 2.03. The molecule has 0 unspecified atom stereocenters. The number of amidine groups is 1. The zero-order valence-electron chi connectivity index (χ0n) is 8.00. The second-order valence-corrected chi connectivity index (χ2v) is 2.85. The second kappa shape index (κ2) is 4.41. The summed E-state index contributed by atoms with van der Waals surface area (Å²) in [5.74, 6) is -0.102. The molecule has 0 atom stereocenters. The van der Waals surface area contributed by atoms with E-state index >= 15 is 0 Å². The fraction of sp³-hybridized carbons (Fsp3) is 0.200. The number of hydrogen-bond donors (Lipinski definition) is 3. The van der Waals surface area contributed by atoms with Crippen molar-refractivity contribution in [3.63, 3.8) is 0 Å². The van der Waals surface area contributed by atoms with Crippen LogP contribution < -0.4 is 11.1 Å². The Bertz CT molecular complexity index is 343. The molecule has 0 saturated carbocycles. The highest BCUT2D eigenvalue weighted by atomic mass is 16.1. The Balaban J connectivity index is 2.83. The quantitative estimate of drug-likeness (QED) is 0.486. The van der Waals surface area contributed by atoms with Gasteiger partial charge < -0.3 is 11.1 Å². The number of nitrogens with one attached hydrogen (secondary N) is 2. The second-order valence-electron chi connectivity index (χ2n) is 2.85. The normalized spacial score (nSPS) is 9.50. The Kier molecular flexibility index (Phi) is 3.23. The summed E-state index contributed by atoms with van der Waals surface area (Å²) in [5, 5.41) is 9.86. The third kappa shape index (κ3) is 2.32. The van der Waals surface area contributed by atoms with Gasteiger partial charge in [-0.1, -0.05) is 12.1 Å². The first-order valence-electron chi connectivity index (χ1n) is 4.37. The number of hydrogen-bond acceptors (Lipinski definition) is 2. The van der Waals surface area contributed by atoms with Gasteiger partial charge in [0.1, 0.15) is 5.84 Å². The lowest BCUT2D eigenvalue weighted by atomic mass is 10.1. The van der Waals surface area contributed by atoms with Crippen LogP contribution in [0.2, 0.25) is 0 Å². The lowest BCUT2D eigenvalue weighted by molar-refractivity contribution is 0.0956. The molecule has 0 spiro atoms. The third-order valence-electron chi connectivity index (χ3n) is 1.80. The van der Waals surface area contributed by atoms with Crippen molar-refractivity contribution in [2.75, 3.05) is 6.54 Å². The maximum Gasteiger partial charge on any atom is 0.251 e. The van der Waals surface area contributed by atoms with Crippen molar-refractivity contribution in [2.24, 2.45) is 5.73 Å². The molecule has 1 rings (SSSR count). The first-order chi connectivity index (χ1) is 6.65. The number of amides is 1. The number of carbonyl (C=O) groups is 1. The lowest BCUT2D eigenvalue weighted by Crippen LogP contribution is -2.22. The van der Waals surface area contributed by atoms with E-state index in [4.69, 9.17) is 11.1 Å². The SMILES string of the molecule is CCNC(=O)c1ccc(C(=N)N)cc1. The van der Waals surface area contributed by atoms with E-state index < -0.39 is 0 Å². The summed E-state index contributed by atoms with van der Waals surface area (Å²) >= 11 is 0. The van der Waals surface area contributed by atoms with E-state index in [-0.39, 0.29) is 11.7 Å². The van der Waals surface area contributed by atoms with Gasteiger partial charge in [0.25, 0.3) is 5.91 Å². The minimum Gasteiger partial charge on any atom is -0.384 e. The molecule has 0 aliphatic rings. The molecule has 0 aliphatic heterocycles. The first kappa shape index (κ1) is 10.2. The van der Waals surface area contributed by atoms with Crippen molar-refractivity contribution < 1.29 is 4.79 Å². The zero-order chi connectivity index (χ0) is 10.6. The Morgan fingerprint density at radius 1 is 1.36 bits per heavy atom. The van der Waals surface area contributed by atoms with Gasteiger partial charge >= 0.3 is 0 Å². The van der Waals surface area contributed by atoms with Crippen molar-refractivity contribution in [1.82, 2.24) is 5.32 Å². The fourth-order valence-corrected chi connectivity index (χ4v) is 1.06. The predicted molar refractivity (Wildman–Crippen MR) is 55.5 cm³/mol. The standard InChI is InChI=1S/C10H13N3O/c1-2-13-10(14)8-5-3-7(4-6-8)9(11)12/h3-6H,2H2,1H3,(H3,11,12)(H,13,14). The molecule has 4 heteroatoms. The summed E-state index contributed by atoms with van der Waals surface area (Å²) < 4.78 is 0. The van der Waals surface area contributed by atoms with E-state index in [1.807, 2.05) is 6.92 Å². The summed E-state index contributed by atoms with van der Waals surface area (Å²) in [5.41, 5.74) is 6.48. The summed E-state index contributed by atoms with van der Waals surface area (Å²) in [4.78, 5) is 11.3. The van der Waals surface area contributed by atoms with Gasteiger partial charge in [0, 0.05) is 17.7 Å². The average molecular weight is 191 g/mol. The number of benzene rings is 1. The Morgan fingerprint density at radius 3 is 2.29 bits per heavy atom. The van der Waals surface area contributed by atoms with Gasteiger partial charge in [-0.15, -0.1) is 0 Å². The van der Waals surface area contributed by atoms with Crippen molar-refractivity contribution in [2.45, 2.75) is 6.92 Å². The van der Waals surface area contributed by atoms with Crippen LogP contribution in [0.5, 0.6) is 0 Å². The van der Waals surface area contributed by atoms with Gasteiger partial charge in [-0.3, -0.25) is 10.2 Å². The van der Waals surface area contributed by atoms with Gasteiger partial charge in [-0.05, 0) is 19.1 Å².